The number of imide groups is 2. The lowest BCUT2D eigenvalue weighted by molar-refractivity contribution is -0.142. The van der Waals surface area contributed by atoms with E-state index in [1.54, 1.807) is 60.7 Å². The number of pyridine rings is 1. The van der Waals surface area contributed by atoms with Gasteiger partial charge in [0.25, 0.3) is 23.6 Å². The van der Waals surface area contributed by atoms with Crippen molar-refractivity contribution in [2.24, 2.45) is 23.7 Å². The molecule has 0 bridgehead atoms. The number of halogens is 5. The largest absolute Gasteiger partial charge is 0.505 e. The van der Waals surface area contributed by atoms with Crippen molar-refractivity contribution in [2.75, 3.05) is 17.5 Å². The van der Waals surface area contributed by atoms with Crippen LogP contribution >= 0.6 is 11.6 Å². The highest BCUT2D eigenvalue weighted by atomic mass is 35.5. The van der Waals surface area contributed by atoms with Gasteiger partial charge in [-0.2, -0.15) is 23.2 Å². The number of nitrogens with zero attached hydrogens (tertiary/aromatic N) is 4. The van der Waals surface area contributed by atoms with Crippen molar-refractivity contribution in [2.45, 2.75) is 37.3 Å². The average molecular weight is 774 g/mol. The molecule has 3 fully saturated rings. The summed E-state index contributed by atoms with van der Waals surface area (Å²) in [5, 5.41) is 13.7. The maximum absolute atomic E-state index is 15.3. The maximum Gasteiger partial charge on any atom is 0.433 e. The number of aromatic hydroxyl groups is 1. The van der Waals surface area contributed by atoms with E-state index in [1.807, 2.05) is 6.92 Å². The Balaban J connectivity index is 1.28. The Kier molecular flexibility index (Phi) is 8.52. The summed E-state index contributed by atoms with van der Waals surface area (Å²) in [5.74, 6) is -10.4. The predicted octanol–water partition coefficient (Wildman–Crippen LogP) is 6.94. The summed E-state index contributed by atoms with van der Waals surface area (Å²) >= 11 is 6.27. The number of allylic oxidation sites excluding steroid dienone is 2. The molecule has 2 aliphatic heterocycles. The Morgan fingerprint density at radius 1 is 0.909 bits per heavy atom. The molecular formula is C40H32ClF4N5O5. The number of para-hydroxylation sites is 1. The van der Waals surface area contributed by atoms with Gasteiger partial charge < -0.3 is 5.11 Å². The molecule has 8 rings (SSSR count). The minimum absolute atomic E-state index is 0.00674. The Morgan fingerprint density at radius 3 is 2.31 bits per heavy atom. The minimum atomic E-state index is -4.84. The molecule has 0 unspecified atom stereocenters. The van der Waals surface area contributed by atoms with Crippen LogP contribution in [0.2, 0.25) is 5.02 Å². The van der Waals surface area contributed by atoms with Gasteiger partial charge in [-0.1, -0.05) is 83.4 Å². The first-order chi connectivity index (χ1) is 26.2. The van der Waals surface area contributed by atoms with Crippen molar-refractivity contribution in [3.63, 3.8) is 0 Å². The van der Waals surface area contributed by atoms with Crippen LogP contribution in [-0.2, 0) is 30.8 Å². The molecule has 1 saturated carbocycles. The number of hydrazine groups is 2. The molecule has 10 nitrogen and oxygen atoms in total. The number of phenolic OH excluding ortho intramolecular Hbond substituents is 1. The first-order valence-corrected chi connectivity index (χ1v) is 17.8. The van der Waals surface area contributed by atoms with Crippen molar-refractivity contribution >= 4 is 46.7 Å². The van der Waals surface area contributed by atoms with E-state index in [2.05, 4.69) is 10.4 Å². The molecule has 3 aromatic carbocycles. The molecule has 15 heteroatoms. The van der Waals surface area contributed by atoms with Crippen LogP contribution in [-0.4, -0.2) is 50.8 Å². The lowest BCUT2D eigenvalue weighted by atomic mass is 9.49. The topological polar surface area (TPSA) is 123 Å². The molecule has 4 aromatic rings. The smallest absolute Gasteiger partial charge is 0.433 e. The number of carbonyl (C=O) groups is 4. The number of phenols is 1. The third-order valence-electron chi connectivity index (χ3n) is 11.4. The molecule has 0 radical (unpaired) electrons. The monoisotopic (exact) mass is 773 g/mol. The number of hydrogen-bond acceptors (Lipinski definition) is 8. The molecule has 2 aliphatic carbocycles. The predicted molar refractivity (Wildman–Crippen MR) is 191 cm³/mol. The molecule has 2 N–H and O–H groups in total. The van der Waals surface area contributed by atoms with Crippen LogP contribution in [0.4, 0.5) is 29.1 Å². The Morgan fingerprint density at radius 2 is 1.62 bits per heavy atom. The second kappa shape index (κ2) is 12.9. The summed E-state index contributed by atoms with van der Waals surface area (Å²) in [6.07, 6.45) is -3.28. The van der Waals surface area contributed by atoms with E-state index in [0.29, 0.717) is 22.9 Å². The SMILES string of the molecule is Cc1ccc(NN2C(=O)[C@@H]3C[C@@H]4C(=CC[C@@H]5C(=O)N(N(C)c6nc(C(F)(F)F)ccc6Cl)C(=O)[C@@H]54)[C@H](c4cccc(F)c4O)[C@]3(c3ccccc3)C2=O)cc1. The van der Waals surface area contributed by atoms with Crippen molar-refractivity contribution < 1.29 is 41.8 Å². The fourth-order valence-corrected chi connectivity index (χ4v) is 9.27. The summed E-state index contributed by atoms with van der Waals surface area (Å²) in [7, 11) is 1.21. The van der Waals surface area contributed by atoms with Gasteiger partial charge in [0.1, 0.15) is 5.69 Å². The molecule has 282 valence electrons. The number of carbonyl (C=O) groups excluding carboxylic acids is 4. The first-order valence-electron chi connectivity index (χ1n) is 17.5. The lowest BCUT2D eigenvalue weighted by Gasteiger charge is -2.50. The van der Waals surface area contributed by atoms with E-state index in [-0.39, 0.29) is 23.4 Å². The fourth-order valence-electron chi connectivity index (χ4n) is 9.05. The summed E-state index contributed by atoms with van der Waals surface area (Å²) in [4.78, 5) is 62.2. The number of nitrogens with one attached hydrogen (secondary N) is 1. The van der Waals surface area contributed by atoms with Gasteiger partial charge in [-0.3, -0.25) is 29.6 Å². The van der Waals surface area contributed by atoms with Crippen LogP contribution in [0.15, 0.2) is 96.6 Å². The van der Waals surface area contributed by atoms with Gasteiger partial charge in [0.15, 0.2) is 17.4 Å². The number of amides is 4. The van der Waals surface area contributed by atoms with E-state index >= 15 is 9.18 Å². The highest BCUT2D eigenvalue weighted by molar-refractivity contribution is 6.33. The van der Waals surface area contributed by atoms with Gasteiger partial charge >= 0.3 is 6.18 Å². The number of anilines is 2. The summed E-state index contributed by atoms with van der Waals surface area (Å²) in [5.41, 5.74) is 2.17. The number of hydrogen-bond donors (Lipinski definition) is 2. The van der Waals surface area contributed by atoms with Crippen LogP contribution in [0, 0.1) is 36.4 Å². The van der Waals surface area contributed by atoms with E-state index < -0.39 is 87.9 Å². The Bertz CT molecular complexity index is 2310. The van der Waals surface area contributed by atoms with Crippen molar-refractivity contribution in [3.05, 3.63) is 130 Å². The zero-order valence-electron chi connectivity index (χ0n) is 29.2. The summed E-state index contributed by atoms with van der Waals surface area (Å²) < 4.78 is 56.3. The fraction of sp³-hybridized carbons (Fsp3) is 0.275. The highest BCUT2D eigenvalue weighted by Crippen LogP contribution is 2.65. The second-order valence-electron chi connectivity index (χ2n) is 14.3. The Hall–Kier alpha value is -5.76. The quantitative estimate of drug-likeness (QED) is 0.123. The third-order valence-corrected chi connectivity index (χ3v) is 11.7. The number of rotatable bonds is 6. The van der Waals surface area contributed by atoms with Gasteiger partial charge in [-0.15, -0.1) is 0 Å². The number of aromatic nitrogens is 1. The van der Waals surface area contributed by atoms with E-state index in [9.17, 15) is 32.7 Å². The van der Waals surface area contributed by atoms with Crippen molar-refractivity contribution in [1.82, 2.24) is 15.0 Å². The van der Waals surface area contributed by atoms with Gasteiger partial charge in [-0.25, -0.2) is 9.37 Å². The molecule has 6 atom stereocenters. The number of benzene rings is 3. The molecule has 2 saturated heterocycles. The normalized spacial score (nSPS) is 26.1. The van der Waals surface area contributed by atoms with Gasteiger partial charge in [0.2, 0.25) is 0 Å². The molecule has 4 aliphatic rings. The Labute approximate surface area is 316 Å². The van der Waals surface area contributed by atoms with Crippen molar-refractivity contribution in [3.8, 4) is 5.75 Å². The van der Waals surface area contributed by atoms with Gasteiger partial charge in [-0.05, 0) is 61.6 Å². The number of aryl methyl sites for hydroxylation is 1. The molecule has 55 heavy (non-hydrogen) atoms. The summed E-state index contributed by atoms with van der Waals surface area (Å²) in [6, 6.07) is 21.1. The number of alkyl halides is 3. The van der Waals surface area contributed by atoms with Crippen LogP contribution < -0.4 is 10.4 Å². The zero-order chi connectivity index (χ0) is 39.1. The van der Waals surface area contributed by atoms with Gasteiger partial charge in [0.05, 0.1) is 33.9 Å². The molecule has 1 aromatic heterocycles. The van der Waals surface area contributed by atoms with Crippen LogP contribution in [0.3, 0.4) is 0 Å². The van der Waals surface area contributed by atoms with Crippen molar-refractivity contribution in [1.29, 1.82) is 0 Å². The average Bonchev–Trinajstić information content (AvgIpc) is 3.54. The number of fused-ring (bicyclic) bond motifs is 4. The summed E-state index contributed by atoms with van der Waals surface area (Å²) in [6.45, 7) is 1.88. The maximum atomic E-state index is 15.3. The molecular weight excluding hydrogens is 742 g/mol. The van der Waals surface area contributed by atoms with E-state index in [4.69, 9.17) is 11.6 Å². The molecule has 0 spiro atoms. The standard InChI is InChI=1S/C40H32ClF4N5O5/c1-20-11-13-22(14-12-20)47-49-36(53)27-19-26-23(32(25-9-6-10-29(42)33(25)51)39(27,38(49)55)21-7-4-3-5-8-21)15-16-24-31(26)37(54)50(35(24)52)48(2)34-28(41)17-18-30(46-34)40(43,44)45/h3-15,17-18,24,26-27,31-32,47,51H,16,19H2,1-2H3/t24-,26+,27-,31-,32+,39+/m0/s1. The minimum Gasteiger partial charge on any atom is -0.505 e. The third kappa shape index (κ3) is 5.40. The first kappa shape index (κ1) is 36.2. The molecule has 3 heterocycles. The molecule has 4 amide bonds. The second-order valence-corrected chi connectivity index (χ2v) is 14.7. The lowest BCUT2D eigenvalue weighted by Crippen LogP contribution is -2.53. The van der Waals surface area contributed by atoms with Gasteiger partial charge in [0, 0.05) is 18.5 Å². The van der Waals surface area contributed by atoms with Crippen LogP contribution in [0.25, 0.3) is 0 Å². The van der Waals surface area contributed by atoms with Crippen LogP contribution in [0.5, 0.6) is 5.75 Å². The van der Waals surface area contributed by atoms with Crippen LogP contribution in [0.1, 0.15) is 41.1 Å². The highest BCUT2D eigenvalue weighted by Gasteiger charge is 2.71. The zero-order valence-corrected chi connectivity index (χ0v) is 30.0. The van der Waals surface area contributed by atoms with E-state index in [0.717, 1.165) is 32.7 Å². The van der Waals surface area contributed by atoms with E-state index in [1.165, 1.54) is 19.2 Å².